The van der Waals surface area contributed by atoms with Crippen LogP contribution < -0.4 is 11.1 Å². The van der Waals surface area contributed by atoms with Gasteiger partial charge in [0.1, 0.15) is 4.88 Å². The van der Waals surface area contributed by atoms with E-state index in [2.05, 4.69) is 19.2 Å². The van der Waals surface area contributed by atoms with E-state index in [1.807, 2.05) is 24.3 Å². The molecule has 106 valence electrons. The first-order valence-corrected chi connectivity index (χ1v) is 7.88. The first kappa shape index (κ1) is 13.4. The molecule has 4 heteroatoms. The Balaban J connectivity index is 1.88. The molecule has 0 aliphatic heterocycles. The van der Waals surface area contributed by atoms with E-state index in [4.69, 9.17) is 5.73 Å². The zero-order chi connectivity index (χ0) is 14.3. The van der Waals surface area contributed by atoms with Crippen molar-refractivity contribution in [2.45, 2.75) is 39.2 Å². The highest BCUT2D eigenvalue weighted by Crippen LogP contribution is 2.38. The summed E-state index contributed by atoms with van der Waals surface area (Å²) in [5, 5.41) is 4.16. The smallest absolute Gasteiger partial charge is 0.263 e. The van der Waals surface area contributed by atoms with Gasteiger partial charge in [0.05, 0.1) is 5.69 Å². The maximum atomic E-state index is 12.5. The molecule has 3 rings (SSSR count). The summed E-state index contributed by atoms with van der Waals surface area (Å²) in [6.07, 6.45) is 3.41. The lowest BCUT2D eigenvalue weighted by molar-refractivity contribution is 0.0915. The van der Waals surface area contributed by atoms with Crippen molar-refractivity contribution >= 4 is 33.0 Å². The number of nitrogen functional groups attached to an aromatic ring is 1. The Morgan fingerprint density at radius 3 is 2.80 bits per heavy atom. The molecule has 1 saturated carbocycles. The molecule has 1 fully saturated rings. The van der Waals surface area contributed by atoms with Crippen LogP contribution >= 0.6 is 11.3 Å². The minimum Gasteiger partial charge on any atom is -0.397 e. The van der Waals surface area contributed by atoms with Crippen molar-refractivity contribution < 1.29 is 4.79 Å². The summed E-state index contributed by atoms with van der Waals surface area (Å²) in [5.41, 5.74) is 6.92. The zero-order valence-electron chi connectivity index (χ0n) is 11.9. The molecule has 2 aromatic rings. The summed E-state index contributed by atoms with van der Waals surface area (Å²) in [7, 11) is 0. The lowest BCUT2D eigenvalue weighted by Gasteiger charge is -2.27. The maximum absolute atomic E-state index is 12.5. The van der Waals surface area contributed by atoms with Crippen molar-refractivity contribution in [1.29, 1.82) is 0 Å². The van der Waals surface area contributed by atoms with Crippen LogP contribution in [0.4, 0.5) is 5.69 Å². The summed E-state index contributed by atoms with van der Waals surface area (Å²) in [4.78, 5) is 13.1. The third-order valence-corrected chi connectivity index (χ3v) is 5.59. The van der Waals surface area contributed by atoms with Crippen LogP contribution in [0, 0.1) is 5.41 Å². The number of benzene rings is 1. The van der Waals surface area contributed by atoms with Gasteiger partial charge < -0.3 is 11.1 Å². The highest BCUT2D eigenvalue weighted by atomic mass is 32.1. The Bertz CT molecular complexity index is 660. The van der Waals surface area contributed by atoms with Crippen LogP contribution in [0.1, 0.15) is 42.8 Å². The van der Waals surface area contributed by atoms with Crippen LogP contribution in [-0.4, -0.2) is 11.9 Å². The molecule has 3 nitrogen and oxygen atoms in total. The Morgan fingerprint density at radius 2 is 2.15 bits per heavy atom. The molecule has 1 aromatic heterocycles. The van der Waals surface area contributed by atoms with Gasteiger partial charge in [-0.1, -0.05) is 38.5 Å². The van der Waals surface area contributed by atoms with Crippen LogP contribution in [0.25, 0.3) is 10.1 Å². The summed E-state index contributed by atoms with van der Waals surface area (Å²) >= 11 is 1.48. The highest BCUT2D eigenvalue weighted by molar-refractivity contribution is 7.21. The number of nitrogens with one attached hydrogen (secondary N) is 1. The predicted octanol–water partition coefficient (Wildman–Crippen LogP) is 3.79. The molecule has 0 spiro atoms. The average Bonchev–Trinajstić information content (AvgIpc) is 2.91. The highest BCUT2D eigenvalue weighted by Gasteiger charge is 2.36. The van der Waals surface area contributed by atoms with Crippen LogP contribution in [0.15, 0.2) is 24.3 Å². The molecule has 1 atom stereocenters. The SMILES string of the molecule is CC1(C)CCCC1NC(=O)c1sc2ccccc2c1N. The Labute approximate surface area is 123 Å². The van der Waals surface area contributed by atoms with Gasteiger partial charge in [0.25, 0.3) is 5.91 Å². The monoisotopic (exact) mass is 288 g/mol. The molecule has 1 unspecified atom stereocenters. The number of hydrogen-bond acceptors (Lipinski definition) is 3. The minimum atomic E-state index is -0.0244. The first-order chi connectivity index (χ1) is 9.49. The summed E-state index contributed by atoms with van der Waals surface area (Å²) in [5.74, 6) is -0.0244. The van der Waals surface area contributed by atoms with Gasteiger partial charge in [-0.3, -0.25) is 4.79 Å². The van der Waals surface area contributed by atoms with Gasteiger partial charge in [-0.25, -0.2) is 0 Å². The van der Waals surface area contributed by atoms with E-state index in [9.17, 15) is 4.79 Å². The quantitative estimate of drug-likeness (QED) is 0.883. The standard InChI is InChI=1S/C16H20N2OS/c1-16(2)9-5-8-12(16)18-15(19)14-13(17)10-6-3-4-7-11(10)20-14/h3-4,6-7,12H,5,8-9,17H2,1-2H3,(H,18,19). The van der Waals surface area contributed by atoms with Gasteiger partial charge in [0.2, 0.25) is 0 Å². The minimum absolute atomic E-state index is 0.0244. The predicted molar refractivity (Wildman–Crippen MR) is 85.1 cm³/mol. The average molecular weight is 288 g/mol. The summed E-state index contributed by atoms with van der Waals surface area (Å²) < 4.78 is 1.07. The number of hydrogen-bond donors (Lipinski definition) is 2. The fraction of sp³-hybridized carbons (Fsp3) is 0.438. The Kier molecular flexibility index (Phi) is 3.21. The van der Waals surface area contributed by atoms with Gasteiger partial charge in [-0.15, -0.1) is 11.3 Å². The molecule has 1 heterocycles. The van der Waals surface area contributed by atoms with E-state index < -0.39 is 0 Å². The first-order valence-electron chi connectivity index (χ1n) is 7.07. The van der Waals surface area contributed by atoms with Crippen molar-refractivity contribution in [3.05, 3.63) is 29.1 Å². The second-order valence-corrected chi connectivity index (χ2v) is 7.30. The fourth-order valence-corrected chi connectivity index (χ4v) is 4.08. The van der Waals surface area contributed by atoms with Crippen molar-refractivity contribution in [3.63, 3.8) is 0 Å². The molecule has 3 N–H and O–H groups in total. The van der Waals surface area contributed by atoms with Gasteiger partial charge in [0, 0.05) is 16.1 Å². The maximum Gasteiger partial charge on any atom is 0.263 e. The number of thiophene rings is 1. The summed E-state index contributed by atoms with van der Waals surface area (Å²) in [6.45, 7) is 4.44. The van der Waals surface area contributed by atoms with Crippen LogP contribution in [0.2, 0.25) is 0 Å². The van der Waals surface area contributed by atoms with E-state index in [1.54, 1.807) is 0 Å². The molecule has 1 aromatic carbocycles. The van der Waals surface area contributed by atoms with E-state index in [1.165, 1.54) is 24.2 Å². The molecule has 1 aliphatic carbocycles. The van der Waals surface area contributed by atoms with E-state index in [0.29, 0.717) is 10.6 Å². The normalized spacial score (nSPS) is 21.2. The lowest BCUT2D eigenvalue weighted by atomic mass is 9.87. The molecule has 0 radical (unpaired) electrons. The second kappa shape index (κ2) is 4.77. The van der Waals surface area contributed by atoms with Crippen molar-refractivity contribution in [3.8, 4) is 0 Å². The number of rotatable bonds is 2. The largest absolute Gasteiger partial charge is 0.397 e. The van der Waals surface area contributed by atoms with Crippen LogP contribution in [0.3, 0.4) is 0 Å². The number of fused-ring (bicyclic) bond motifs is 1. The van der Waals surface area contributed by atoms with Gasteiger partial charge >= 0.3 is 0 Å². The Hall–Kier alpha value is -1.55. The van der Waals surface area contributed by atoms with Crippen molar-refractivity contribution in [1.82, 2.24) is 5.32 Å². The van der Waals surface area contributed by atoms with E-state index >= 15 is 0 Å². The van der Waals surface area contributed by atoms with Gasteiger partial charge in [-0.05, 0) is 24.3 Å². The second-order valence-electron chi connectivity index (χ2n) is 6.25. The van der Waals surface area contributed by atoms with Gasteiger partial charge in [-0.2, -0.15) is 0 Å². The number of carbonyl (C=O) groups excluding carboxylic acids is 1. The molecule has 20 heavy (non-hydrogen) atoms. The number of carbonyl (C=O) groups is 1. The molecule has 1 amide bonds. The zero-order valence-corrected chi connectivity index (χ0v) is 12.7. The van der Waals surface area contributed by atoms with Crippen LogP contribution in [-0.2, 0) is 0 Å². The van der Waals surface area contributed by atoms with Gasteiger partial charge in [0.15, 0.2) is 0 Å². The molecule has 0 bridgehead atoms. The third kappa shape index (κ3) is 2.18. The van der Waals surface area contributed by atoms with Crippen molar-refractivity contribution in [2.24, 2.45) is 5.41 Å². The summed E-state index contributed by atoms with van der Waals surface area (Å²) in [6, 6.07) is 8.15. The lowest BCUT2D eigenvalue weighted by Crippen LogP contribution is -2.41. The van der Waals surface area contributed by atoms with E-state index in [0.717, 1.165) is 16.5 Å². The van der Waals surface area contributed by atoms with Crippen molar-refractivity contribution in [2.75, 3.05) is 5.73 Å². The Morgan fingerprint density at radius 1 is 1.40 bits per heavy atom. The van der Waals surface area contributed by atoms with Crippen LogP contribution in [0.5, 0.6) is 0 Å². The molecular formula is C16H20N2OS. The topological polar surface area (TPSA) is 55.1 Å². The number of amides is 1. The third-order valence-electron chi connectivity index (χ3n) is 4.40. The number of anilines is 1. The van der Waals surface area contributed by atoms with E-state index in [-0.39, 0.29) is 17.4 Å². The fourth-order valence-electron chi connectivity index (χ4n) is 3.05. The molecule has 0 saturated heterocycles. The number of nitrogens with two attached hydrogens (primary N) is 1. The molecular weight excluding hydrogens is 268 g/mol. The molecule has 1 aliphatic rings.